The Balaban J connectivity index is 2.40. The average molecular weight is 235 g/mol. The molecule has 0 aliphatic carbocycles. The van der Waals surface area contributed by atoms with E-state index in [9.17, 15) is 9.90 Å². The van der Waals surface area contributed by atoms with Crippen LogP contribution in [0.1, 0.15) is 23.2 Å². The van der Waals surface area contributed by atoms with Crippen LogP contribution in [-0.2, 0) is 0 Å². The number of rotatable bonds is 3. The van der Waals surface area contributed by atoms with Gasteiger partial charge in [0.25, 0.3) is 5.91 Å². The smallest absolute Gasteiger partial charge is 0.250 e. The molecule has 92 valence electrons. The number of hydrogen-bond acceptors (Lipinski definition) is 4. The van der Waals surface area contributed by atoms with Crippen LogP contribution in [0.25, 0.3) is 0 Å². The van der Waals surface area contributed by atoms with Gasteiger partial charge in [0, 0.05) is 17.9 Å². The molecule has 0 saturated carbocycles. The van der Waals surface area contributed by atoms with Gasteiger partial charge in [0.05, 0.1) is 18.2 Å². The molecule has 5 heteroatoms. The molecule has 5 nitrogen and oxygen atoms in total. The number of carbonyl (C=O) groups excluding carboxylic acids is 1. The van der Waals surface area contributed by atoms with Crippen LogP contribution in [0.3, 0.4) is 0 Å². The summed E-state index contributed by atoms with van der Waals surface area (Å²) >= 11 is 0. The predicted octanol–water partition coefficient (Wildman–Crippen LogP) is 0.329. The molecule has 1 unspecified atom stereocenters. The monoisotopic (exact) mass is 235 g/mol. The lowest BCUT2D eigenvalue weighted by atomic mass is 10.1. The van der Waals surface area contributed by atoms with Crippen molar-refractivity contribution in [3.63, 3.8) is 0 Å². The molecule has 1 saturated heterocycles. The van der Waals surface area contributed by atoms with Crippen molar-refractivity contribution in [3.05, 3.63) is 23.8 Å². The van der Waals surface area contributed by atoms with Crippen LogP contribution in [-0.4, -0.2) is 30.2 Å². The van der Waals surface area contributed by atoms with E-state index in [0.717, 1.165) is 25.1 Å². The topological polar surface area (TPSA) is 92.6 Å². The number of hydrogen-bond donors (Lipinski definition) is 3. The van der Waals surface area contributed by atoms with E-state index < -0.39 is 5.91 Å². The summed E-state index contributed by atoms with van der Waals surface area (Å²) < 4.78 is 0. The van der Waals surface area contributed by atoms with Crippen molar-refractivity contribution in [2.45, 2.75) is 18.9 Å². The molecule has 2 rings (SSSR count). The van der Waals surface area contributed by atoms with Crippen LogP contribution in [0.4, 0.5) is 11.4 Å². The Morgan fingerprint density at radius 1 is 1.53 bits per heavy atom. The molecule has 1 heterocycles. The lowest BCUT2D eigenvalue weighted by Gasteiger charge is -2.27. The number of benzene rings is 1. The average Bonchev–Trinajstić information content (AvgIpc) is 2.76. The van der Waals surface area contributed by atoms with Crippen LogP contribution in [0.2, 0.25) is 0 Å². The highest BCUT2D eigenvalue weighted by molar-refractivity contribution is 5.99. The molecule has 5 N–H and O–H groups in total. The number of amides is 1. The van der Waals surface area contributed by atoms with E-state index in [-0.39, 0.29) is 12.6 Å². The molecule has 1 aliphatic rings. The summed E-state index contributed by atoms with van der Waals surface area (Å²) in [5.74, 6) is -0.490. The Morgan fingerprint density at radius 2 is 2.29 bits per heavy atom. The number of nitrogen functional groups attached to an aromatic ring is 1. The van der Waals surface area contributed by atoms with Gasteiger partial charge >= 0.3 is 0 Å². The third kappa shape index (κ3) is 2.19. The van der Waals surface area contributed by atoms with Crippen LogP contribution in [0, 0.1) is 0 Å². The number of nitrogens with zero attached hydrogens (tertiary/aromatic N) is 1. The first kappa shape index (κ1) is 11.7. The van der Waals surface area contributed by atoms with Gasteiger partial charge in [-0.3, -0.25) is 4.79 Å². The SMILES string of the molecule is NC(=O)c1cc(N)ccc1N1CCCC1CO. The first-order valence-electron chi connectivity index (χ1n) is 5.70. The third-order valence-electron chi connectivity index (χ3n) is 3.18. The van der Waals surface area contributed by atoms with Crippen molar-refractivity contribution in [1.82, 2.24) is 0 Å². The van der Waals surface area contributed by atoms with E-state index in [1.807, 2.05) is 4.90 Å². The van der Waals surface area contributed by atoms with Gasteiger partial charge in [-0.1, -0.05) is 0 Å². The fourth-order valence-electron chi connectivity index (χ4n) is 2.34. The van der Waals surface area contributed by atoms with Crippen LogP contribution in [0.15, 0.2) is 18.2 Å². The summed E-state index contributed by atoms with van der Waals surface area (Å²) in [5, 5.41) is 9.30. The number of aliphatic hydroxyl groups excluding tert-OH is 1. The Bertz CT molecular complexity index is 434. The second-order valence-corrected chi connectivity index (χ2v) is 4.31. The number of carbonyl (C=O) groups is 1. The minimum absolute atomic E-state index is 0.0664. The van der Waals surface area contributed by atoms with E-state index in [1.54, 1.807) is 18.2 Å². The zero-order chi connectivity index (χ0) is 12.4. The fraction of sp³-hybridized carbons (Fsp3) is 0.417. The minimum Gasteiger partial charge on any atom is -0.399 e. The summed E-state index contributed by atoms with van der Waals surface area (Å²) in [6, 6.07) is 5.19. The lowest BCUT2D eigenvalue weighted by molar-refractivity contribution is 0.100. The van der Waals surface area contributed by atoms with Gasteiger partial charge in [0.2, 0.25) is 0 Å². The zero-order valence-corrected chi connectivity index (χ0v) is 9.60. The molecule has 1 atom stereocenters. The van der Waals surface area contributed by atoms with E-state index in [0.29, 0.717) is 11.3 Å². The van der Waals surface area contributed by atoms with Gasteiger partial charge in [-0.05, 0) is 31.0 Å². The molecular formula is C12H17N3O2. The molecule has 1 aliphatic heterocycles. The molecular weight excluding hydrogens is 218 g/mol. The molecule has 1 aromatic rings. The van der Waals surface area contributed by atoms with Gasteiger partial charge in [-0.15, -0.1) is 0 Å². The first-order valence-corrected chi connectivity index (χ1v) is 5.70. The van der Waals surface area contributed by atoms with Gasteiger partial charge in [-0.25, -0.2) is 0 Å². The van der Waals surface area contributed by atoms with E-state index >= 15 is 0 Å². The lowest BCUT2D eigenvalue weighted by Crippen LogP contribution is -2.33. The number of aliphatic hydroxyl groups is 1. The van der Waals surface area contributed by atoms with Crippen molar-refractivity contribution in [3.8, 4) is 0 Å². The van der Waals surface area contributed by atoms with Crippen molar-refractivity contribution < 1.29 is 9.90 Å². The van der Waals surface area contributed by atoms with Gasteiger partial charge in [-0.2, -0.15) is 0 Å². The van der Waals surface area contributed by atoms with Crippen molar-refractivity contribution >= 4 is 17.3 Å². The van der Waals surface area contributed by atoms with E-state index in [2.05, 4.69) is 0 Å². The Morgan fingerprint density at radius 3 is 2.94 bits per heavy atom. The summed E-state index contributed by atoms with van der Waals surface area (Å²) in [4.78, 5) is 13.4. The van der Waals surface area contributed by atoms with Gasteiger partial charge in [0.1, 0.15) is 0 Å². The number of anilines is 2. The van der Waals surface area contributed by atoms with E-state index in [4.69, 9.17) is 11.5 Å². The molecule has 0 spiro atoms. The Kier molecular flexibility index (Phi) is 3.19. The van der Waals surface area contributed by atoms with Gasteiger partial charge < -0.3 is 21.5 Å². The standard InChI is InChI=1S/C12H17N3O2/c13-8-3-4-11(10(6-8)12(14)17)15-5-1-2-9(15)7-16/h3-4,6,9,16H,1-2,5,7,13H2,(H2,14,17). The molecule has 1 fully saturated rings. The second-order valence-electron chi connectivity index (χ2n) is 4.31. The molecule has 0 aromatic heterocycles. The molecule has 0 bridgehead atoms. The normalized spacial score (nSPS) is 19.6. The number of nitrogens with two attached hydrogens (primary N) is 2. The Labute approximate surface area is 100 Å². The minimum atomic E-state index is -0.490. The van der Waals surface area contributed by atoms with Crippen LogP contribution < -0.4 is 16.4 Å². The highest BCUT2D eigenvalue weighted by Gasteiger charge is 2.26. The maximum Gasteiger partial charge on any atom is 0.250 e. The van der Waals surface area contributed by atoms with Crippen molar-refractivity contribution in [2.24, 2.45) is 5.73 Å². The molecule has 17 heavy (non-hydrogen) atoms. The maximum absolute atomic E-state index is 11.4. The Hall–Kier alpha value is -1.75. The maximum atomic E-state index is 11.4. The second kappa shape index (κ2) is 4.63. The largest absolute Gasteiger partial charge is 0.399 e. The molecule has 0 radical (unpaired) electrons. The summed E-state index contributed by atoms with van der Waals surface area (Å²) in [6.07, 6.45) is 1.94. The van der Waals surface area contributed by atoms with Gasteiger partial charge in [0.15, 0.2) is 0 Å². The van der Waals surface area contributed by atoms with Crippen LogP contribution in [0.5, 0.6) is 0 Å². The quantitative estimate of drug-likeness (QED) is 0.658. The zero-order valence-electron chi connectivity index (χ0n) is 9.60. The highest BCUT2D eigenvalue weighted by Crippen LogP contribution is 2.29. The van der Waals surface area contributed by atoms with Crippen molar-refractivity contribution in [1.29, 1.82) is 0 Å². The fourth-order valence-corrected chi connectivity index (χ4v) is 2.34. The molecule has 1 amide bonds. The first-order chi connectivity index (χ1) is 8.13. The summed E-state index contributed by atoms with van der Waals surface area (Å²) in [5.41, 5.74) is 12.7. The van der Waals surface area contributed by atoms with Crippen LogP contribution >= 0.6 is 0 Å². The summed E-state index contributed by atoms with van der Waals surface area (Å²) in [6.45, 7) is 0.915. The third-order valence-corrected chi connectivity index (χ3v) is 3.18. The molecule has 1 aromatic carbocycles. The highest BCUT2D eigenvalue weighted by atomic mass is 16.3. The van der Waals surface area contributed by atoms with Crippen molar-refractivity contribution in [2.75, 3.05) is 23.8 Å². The van der Waals surface area contributed by atoms with E-state index in [1.165, 1.54) is 0 Å². The number of primary amides is 1. The summed E-state index contributed by atoms with van der Waals surface area (Å²) in [7, 11) is 0. The predicted molar refractivity (Wildman–Crippen MR) is 66.8 cm³/mol.